The maximum absolute atomic E-state index is 6.18. The minimum absolute atomic E-state index is 0.209. The van der Waals surface area contributed by atoms with Crippen LogP contribution in [-0.4, -0.2) is 53.6 Å². The summed E-state index contributed by atoms with van der Waals surface area (Å²) >= 11 is 1.70. The highest BCUT2D eigenvalue weighted by atomic mass is 32.1. The van der Waals surface area contributed by atoms with Crippen molar-refractivity contribution in [1.29, 1.82) is 0 Å². The van der Waals surface area contributed by atoms with Crippen LogP contribution in [-0.2, 0) is 6.42 Å². The van der Waals surface area contributed by atoms with Crippen molar-refractivity contribution in [1.82, 2.24) is 14.3 Å². The summed E-state index contributed by atoms with van der Waals surface area (Å²) in [7, 11) is 2.18. The average molecular weight is 293 g/mol. The van der Waals surface area contributed by atoms with Crippen molar-refractivity contribution in [3.8, 4) is 0 Å². The van der Waals surface area contributed by atoms with Gasteiger partial charge in [0.2, 0.25) is 0 Å². The molecule has 2 aromatic heterocycles. The lowest BCUT2D eigenvalue weighted by Gasteiger charge is -2.33. The highest BCUT2D eigenvalue weighted by Gasteiger charge is 2.23. The van der Waals surface area contributed by atoms with E-state index in [0.29, 0.717) is 0 Å². The molecule has 0 spiro atoms. The SMILES string of the molecule is CCC(N)Cc1c(N2CCN(C)CC2)nc2sccn12. The Bertz CT molecular complexity index is 567. The van der Waals surface area contributed by atoms with Gasteiger partial charge in [0.1, 0.15) is 0 Å². The van der Waals surface area contributed by atoms with Crippen LogP contribution in [0, 0.1) is 0 Å². The Balaban J connectivity index is 1.92. The Morgan fingerprint density at radius 3 is 2.80 bits per heavy atom. The summed E-state index contributed by atoms with van der Waals surface area (Å²) in [6.07, 6.45) is 4.01. The van der Waals surface area contributed by atoms with Crippen molar-refractivity contribution in [2.24, 2.45) is 5.73 Å². The Morgan fingerprint density at radius 2 is 2.10 bits per heavy atom. The third-order valence-corrected chi connectivity index (χ3v) is 4.88. The Morgan fingerprint density at radius 1 is 1.35 bits per heavy atom. The van der Waals surface area contributed by atoms with Gasteiger partial charge in [-0.25, -0.2) is 4.98 Å². The van der Waals surface area contributed by atoms with Crippen molar-refractivity contribution in [3.05, 3.63) is 17.3 Å². The number of fused-ring (bicyclic) bond motifs is 1. The lowest BCUT2D eigenvalue weighted by atomic mass is 10.1. The molecule has 3 heterocycles. The average Bonchev–Trinajstić information content (AvgIpc) is 3.02. The molecule has 0 radical (unpaired) electrons. The van der Waals surface area contributed by atoms with Crippen LogP contribution in [0.4, 0.5) is 5.82 Å². The number of thiazole rings is 1. The van der Waals surface area contributed by atoms with Gasteiger partial charge in [-0.1, -0.05) is 6.92 Å². The topological polar surface area (TPSA) is 49.8 Å². The first-order chi connectivity index (χ1) is 9.69. The number of likely N-dealkylation sites (N-methyl/N-ethyl adjacent to an activating group) is 1. The minimum atomic E-state index is 0.209. The van der Waals surface area contributed by atoms with Crippen LogP contribution >= 0.6 is 11.3 Å². The van der Waals surface area contributed by atoms with E-state index in [1.165, 1.54) is 5.69 Å². The molecule has 2 aromatic rings. The lowest BCUT2D eigenvalue weighted by molar-refractivity contribution is 0.312. The summed E-state index contributed by atoms with van der Waals surface area (Å²) in [6, 6.07) is 0.209. The number of imidazole rings is 1. The third-order valence-electron chi connectivity index (χ3n) is 4.12. The number of rotatable bonds is 4. The summed E-state index contributed by atoms with van der Waals surface area (Å²) in [5.41, 5.74) is 7.46. The predicted octanol–water partition coefficient (Wildman–Crippen LogP) is 1.43. The van der Waals surface area contributed by atoms with E-state index in [4.69, 9.17) is 10.7 Å². The van der Waals surface area contributed by atoms with Crippen molar-refractivity contribution in [3.63, 3.8) is 0 Å². The molecular formula is C14H23N5S. The van der Waals surface area contributed by atoms with E-state index in [0.717, 1.165) is 49.8 Å². The van der Waals surface area contributed by atoms with Gasteiger partial charge in [-0.3, -0.25) is 4.40 Å². The second kappa shape index (κ2) is 5.71. The third kappa shape index (κ3) is 2.55. The van der Waals surface area contributed by atoms with E-state index in [2.05, 4.69) is 39.7 Å². The normalized spacial score (nSPS) is 18.9. The molecule has 1 aliphatic rings. The lowest BCUT2D eigenvalue weighted by Crippen LogP contribution is -2.45. The molecule has 1 unspecified atom stereocenters. The first-order valence-corrected chi connectivity index (χ1v) is 8.20. The van der Waals surface area contributed by atoms with Gasteiger partial charge in [0.15, 0.2) is 10.8 Å². The molecule has 2 N–H and O–H groups in total. The van der Waals surface area contributed by atoms with Gasteiger partial charge in [0.25, 0.3) is 0 Å². The molecule has 0 aliphatic carbocycles. The van der Waals surface area contributed by atoms with Gasteiger partial charge in [-0.05, 0) is 13.5 Å². The number of piperazine rings is 1. The zero-order valence-corrected chi connectivity index (χ0v) is 13.1. The summed E-state index contributed by atoms with van der Waals surface area (Å²) in [5.74, 6) is 1.15. The van der Waals surface area contributed by atoms with Crippen LogP contribution in [0.1, 0.15) is 19.0 Å². The molecule has 1 fully saturated rings. The molecule has 20 heavy (non-hydrogen) atoms. The zero-order chi connectivity index (χ0) is 14.1. The Labute approximate surface area is 124 Å². The highest BCUT2D eigenvalue weighted by Crippen LogP contribution is 2.26. The molecule has 1 saturated heterocycles. The second-order valence-corrected chi connectivity index (χ2v) is 6.47. The van der Waals surface area contributed by atoms with Crippen molar-refractivity contribution >= 4 is 22.1 Å². The first kappa shape index (κ1) is 13.9. The molecule has 0 amide bonds. The largest absolute Gasteiger partial charge is 0.352 e. The molecule has 1 atom stereocenters. The highest BCUT2D eigenvalue weighted by molar-refractivity contribution is 7.15. The van der Waals surface area contributed by atoms with E-state index in [9.17, 15) is 0 Å². The molecule has 5 nitrogen and oxygen atoms in total. The van der Waals surface area contributed by atoms with Gasteiger partial charge in [0.05, 0.1) is 5.69 Å². The summed E-state index contributed by atoms with van der Waals surface area (Å²) in [4.78, 5) is 10.7. The van der Waals surface area contributed by atoms with Gasteiger partial charge in [-0.15, -0.1) is 11.3 Å². The maximum Gasteiger partial charge on any atom is 0.195 e. The van der Waals surface area contributed by atoms with E-state index in [-0.39, 0.29) is 6.04 Å². The molecule has 110 valence electrons. The number of nitrogens with zero attached hydrogens (tertiary/aromatic N) is 4. The molecule has 0 saturated carbocycles. The number of hydrogen-bond acceptors (Lipinski definition) is 5. The standard InChI is InChI=1S/C14H23N5S/c1-3-11(15)10-12-13(16-14-19(12)8-9-20-14)18-6-4-17(2)5-7-18/h8-9,11H,3-7,10,15H2,1-2H3. The number of aromatic nitrogens is 2. The Hall–Kier alpha value is -1.11. The summed E-state index contributed by atoms with van der Waals surface area (Å²) in [6.45, 7) is 6.45. The maximum atomic E-state index is 6.18. The minimum Gasteiger partial charge on any atom is -0.352 e. The molecule has 0 bridgehead atoms. The Kier molecular flexibility index (Phi) is 3.96. The van der Waals surface area contributed by atoms with E-state index in [1.54, 1.807) is 11.3 Å². The van der Waals surface area contributed by atoms with Crippen LogP contribution in [0.25, 0.3) is 4.96 Å². The molecular weight excluding hydrogens is 270 g/mol. The van der Waals surface area contributed by atoms with E-state index < -0.39 is 0 Å². The van der Waals surface area contributed by atoms with Crippen LogP contribution in [0.15, 0.2) is 11.6 Å². The molecule has 0 aromatic carbocycles. The second-order valence-electron chi connectivity index (χ2n) is 5.60. The quantitative estimate of drug-likeness (QED) is 0.926. The number of anilines is 1. The fraction of sp³-hybridized carbons (Fsp3) is 0.643. The first-order valence-electron chi connectivity index (χ1n) is 7.32. The summed E-state index contributed by atoms with van der Waals surface area (Å²) < 4.78 is 2.22. The predicted molar refractivity (Wildman–Crippen MR) is 84.7 cm³/mol. The zero-order valence-electron chi connectivity index (χ0n) is 12.2. The smallest absolute Gasteiger partial charge is 0.195 e. The van der Waals surface area contributed by atoms with Gasteiger partial charge in [0, 0.05) is 50.2 Å². The molecule has 3 rings (SSSR count). The molecule has 6 heteroatoms. The van der Waals surface area contributed by atoms with Crippen molar-refractivity contribution in [2.45, 2.75) is 25.8 Å². The van der Waals surface area contributed by atoms with Crippen molar-refractivity contribution in [2.75, 3.05) is 38.1 Å². The van der Waals surface area contributed by atoms with Gasteiger partial charge < -0.3 is 15.5 Å². The van der Waals surface area contributed by atoms with Crippen LogP contribution in [0.2, 0.25) is 0 Å². The van der Waals surface area contributed by atoms with Crippen LogP contribution in [0.3, 0.4) is 0 Å². The van der Waals surface area contributed by atoms with Gasteiger partial charge >= 0.3 is 0 Å². The number of nitrogens with two attached hydrogens (primary N) is 1. The van der Waals surface area contributed by atoms with Gasteiger partial charge in [-0.2, -0.15) is 0 Å². The fourth-order valence-electron chi connectivity index (χ4n) is 2.67. The monoisotopic (exact) mass is 293 g/mol. The van der Waals surface area contributed by atoms with E-state index in [1.807, 2.05) is 0 Å². The summed E-state index contributed by atoms with van der Waals surface area (Å²) in [5, 5.41) is 2.09. The van der Waals surface area contributed by atoms with Crippen molar-refractivity contribution < 1.29 is 0 Å². The fourth-order valence-corrected chi connectivity index (χ4v) is 3.40. The van der Waals surface area contributed by atoms with Crippen LogP contribution < -0.4 is 10.6 Å². The number of hydrogen-bond donors (Lipinski definition) is 1. The molecule has 1 aliphatic heterocycles. The van der Waals surface area contributed by atoms with E-state index >= 15 is 0 Å². The van der Waals surface area contributed by atoms with Crippen LogP contribution in [0.5, 0.6) is 0 Å².